The number of hydrogen-bond acceptors (Lipinski definition) is 12. The van der Waals surface area contributed by atoms with E-state index in [9.17, 15) is 28.8 Å². The first-order valence-electron chi connectivity index (χ1n) is 29.7. The van der Waals surface area contributed by atoms with Gasteiger partial charge in [-0.25, -0.2) is 9.59 Å². The highest BCUT2D eigenvalue weighted by molar-refractivity contribution is 6.35. The maximum Gasteiger partial charge on any atom is 0.319 e. The van der Waals surface area contributed by atoms with Crippen molar-refractivity contribution < 1.29 is 33.5 Å². The number of anilines is 1. The van der Waals surface area contributed by atoms with Crippen LogP contribution in [0.4, 0.5) is 16.2 Å². The number of carbonyl (C=O) groups is 5. The number of nitrogens with zero attached hydrogens (tertiary/aromatic N) is 5. The van der Waals surface area contributed by atoms with Crippen LogP contribution in [0.1, 0.15) is 107 Å². The van der Waals surface area contributed by atoms with Crippen LogP contribution in [0.5, 0.6) is 5.75 Å². The van der Waals surface area contributed by atoms with E-state index < -0.39 is 12.1 Å². The minimum absolute atomic E-state index is 0.0504. The fourth-order valence-corrected chi connectivity index (χ4v) is 12.8. The first-order chi connectivity index (χ1) is 40.9. The molecule has 0 radical (unpaired) electrons. The minimum Gasteiger partial charge on any atom is -0.497 e. The topological polar surface area (TPSA) is 237 Å². The number of nitrogens with two attached hydrogens (primary N) is 2. The molecule has 0 spiro atoms. The van der Waals surface area contributed by atoms with E-state index in [1.54, 1.807) is 73.8 Å². The number of benzene rings is 4. The van der Waals surface area contributed by atoms with Gasteiger partial charge in [-0.15, -0.1) is 0 Å². The molecule has 0 aromatic heterocycles. The van der Waals surface area contributed by atoms with Gasteiger partial charge in [-0.1, -0.05) is 122 Å². The average Bonchev–Trinajstić information content (AvgIpc) is 2.64. The molecule has 4 aliphatic rings. The summed E-state index contributed by atoms with van der Waals surface area (Å²) in [6, 6.07) is 23.3. The molecule has 2 atom stereocenters. The van der Waals surface area contributed by atoms with Gasteiger partial charge in [0.1, 0.15) is 17.8 Å². The second-order valence-electron chi connectivity index (χ2n) is 22.4. The summed E-state index contributed by atoms with van der Waals surface area (Å²) in [7, 11) is 1.60. The minimum atomic E-state index is -0.767. The van der Waals surface area contributed by atoms with Crippen molar-refractivity contribution in [3.63, 3.8) is 0 Å². The average molecular weight is 1250 g/mol. The zero-order valence-corrected chi connectivity index (χ0v) is 52.4. The van der Waals surface area contributed by atoms with Crippen LogP contribution in [0, 0.1) is 6.92 Å². The SMILES string of the molecule is CCCC(=O)NC(Cc1ccc(Cl)cc1Cl)C(=O)N1CCN(C2(CN)CCCCC2)CC1.COc1ccc(NC(=O)NCC2(N3CCN(C(=O)C(Cc4ccc(Cl)cc4Cl)NC(=O)CCN)CC3)CCCCC2)cc1.Cc1ccc(N=C=O)cc1. The van der Waals surface area contributed by atoms with Gasteiger partial charge >= 0.3 is 6.03 Å². The molecule has 2 aliphatic heterocycles. The molecule has 6 amide bonds. The van der Waals surface area contributed by atoms with Crippen LogP contribution in [-0.4, -0.2) is 158 Å². The summed E-state index contributed by atoms with van der Waals surface area (Å²) in [5.74, 6) is 0.141. The molecule has 4 aromatic carbocycles. The number of isocyanates is 1. The van der Waals surface area contributed by atoms with Gasteiger partial charge in [0.25, 0.3) is 0 Å². The van der Waals surface area contributed by atoms with Gasteiger partial charge in [0, 0.05) is 135 Å². The Hall–Kier alpha value is -5.79. The first kappa shape index (κ1) is 68.3. The van der Waals surface area contributed by atoms with Crippen molar-refractivity contribution in [2.75, 3.05) is 84.4 Å². The number of nitrogens with one attached hydrogen (secondary N) is 4. The highest BCUT2D eigenvalue weighted by Crippen LogP contribution is 2.36. The predicted molar refractivity (Wildman–Crippen MR) is 339 cm³/mol. The molecule has 18 nitrogen and oxygen atoms in total. The maximum absolute atomic E-state index is 13.7. The number of aryl methyl sites for hydroxylation is 1. The molecular weight excluding hydrogens is 1160 g/mol. The fourth-order valence-electron chi connectivity index (χ4n) is 11.8. The molecular formula is C63H85Cl4N11O7. The van der Waals surface area contributed by atoms with Gasteiger partial charge < -0.3 is 47.3 Å². The second-order valence-corrected chi connectivity index (χ2v) is 24.1. The Morgan fingerprint density at radius 3 is 1.54 bits per heavy atom. The van der Waals surface area contributed by atoms with E-state index in [1.165, 1.54) is 31.8 Å². The van der Waals surface area contributed by atoms with Crippen molar-refractivity contribution >= 4 is 93.5 Å². The molecule has 0 bridgehead atoms. The number of urea groups is 1. The van der Waals surface area contributed by atoms with E-state index in [2.05, 4.69) is 36.1 Å². The Kier molecular flexibility index (Phi) is 27.8. The number of carbonyl (C=O) groups excluding carboxylic acids is 6. The summed E-state index contributed by atoms with van der Waals surface area (Å²) in [6.07, 6.45) is 14.7. The summed E-state index contributed by atoms with van der Waals surface area (Å²) >= 11 is 24.8. The highest BCUT2D eigenvalue weighted by Gasteiger charge is 2.42. The van der Waals surface area contributed by atoms with Crippen molar-refractivity contribution in [2.45, 2.75) is 133 Å². The lowest BCUT2D eigenvalue weighted by Crippen LogP contribution is -2.63. The lowest BCUT2D eigenvalue weighted by molar-refractivity contribution is -0.139. The molecule has 22 heteroatoms. The molecule has 85 heavy (non-hydrogen) atoms. The zero-order chi connectivity index (χ0) is 61.4. The van der Waals surface area contributed by atoms with Gasteiger partial charge in [0.05, 0.1) is 12.8 Å². The van der Waals surface area contributed by atoms with Crippen molar-refractivity contribution in [1.82, 2.24) is 35.6 Å². The molecule has 2 unspecified atom stereocenters. The number of methoxy groups -OCH3 is 1. The summed E-state index contributed by atoms with van der Waals surface area (Å²) < 4.78 is 5.19. The highest BCUT2D eigenvalue weighted by atomic mass is 35.5. The lowest BCUT2D eigenvalue weighted by atomic mass is 9.79. The number of rotatable bonds is 20. The number of amides is 6. The number of aliphatic imine (C=N–C) groups is 1. The molecule has 2 heterocycles. The van der Waals surface area contributed by atoms with E-state index in [-0.39, 0.29) is 60.1 Å². The van der Waals surface area contributed by atoms with E-state index in [4.69, 9.17) is 62.6 Å². The van der Waals surface area contributed by atoms with Crippen molar-refractivity contribution in [2.24, 2.45) is 16.5 Å². The van der Waals surface area contributed by atoms with Crippen LogP contribution in [0.2, 0.25) is 20.1 Å². The maximum atomic E-state index is 13.7. The third-order valence-electron chi connectivity index (χ3n) is 16.6. The Balaban J connectivity index is 0.000000240. The summed E-state index contributed by atoms with van der Waals surface area (Å²) in [5, 5.41) is 13.8. The van der Waals surface area contributed by atoms with Crippen LogP contribution < -0.4 is 37.5 Å². The van der Waals surface area contributed by atoms with Crippen LogP contribution >= 0.6 is 46.4 Å². The predicted octanol–water partition coefficient (Wildman–Crippen LogP) is 9.64. The van der Waals surface area contributed by atoms with Gasteiger partial charge in [-0.3, -0.25) is 29.0 Å². The molecule has 4 aromatic rings. The molecule has 8 N–H and O–H groups in total. The van der Waals surface area contributed by atoms with Crippen molar-refractivity contribution in [1.29, 1.82) is 0 Å². The summed E-state index contributed by atoms with van der Waals surface area (Å²) in [4.78, 5) is 86.6. The molecule has 8 rings (SSSR count). The Labute approximate surface area is 521 Å². The fraction of sp³-hybridized carbons (Fsp3) is 0.524. The molecule has 462 valence electrons. The van der Waals surface area contributed by atoms with Crippen LogP contribution in [0.15, 0.2) is 89.9 Å². The normalized spacial score (nSPS) is 17.4. The van der Waals surface area contributed by atoms with Gasteiger partial charge in [-0.05, 0) is 111 Å². The first-order valence-corrected chi connectivity index (χ1v) is 31.2. The number of hydrogen-bond donors (Lipinski definition) is 6. The molecule has 2 aliphatic carbocycles. The van der Waals surface area contributed by atoms with E-state index >= 15 is 0 Å². The largest absolute Gasteiger partial charge is 0.497 e. The number of piperazine rings is 2. The van der Waals surface area contributed by atoms with Crippen molar-refractivity contribution in [3.8, 4) is 5.75 Å². The zero-order valence-electron chi connectivity index (χ0n) is 49.4. The van der Waals surface area contributed by atoms with Gasteiger partial charge in [-0.2, -0.15) is 4.99 Å². The monoisotopic (exact) mass is 1250 g/mol. The Morgan fingerprint density at radius 1 is 0.635 bits per heavy atom. The quantitative estimate of drug-likeness (QED) is 0.0360. The molecule has 2 saturated heterocycles. The smallest absolute Gasteiger partial charge is 0.319 e. The summed E-state index contributed by atoms with van der Waals surface area (Å²) in [6.45, 7) is 10.7. The number of ether oxygens (including phenoxy) is 1. The second kappa shape index (κ2) is 34.5. The van der Waals surface area contributed by atoms with Crippen molar-refractivity contribution in [3.05, 3.63) is 122 Å². The Bertz CT molecular complexity index is 2850. The Morgan fingerprint density at radius 2 is 1.11 bits per heavy atom. The lowest BCUT2D eigenvalue weighted by Gasteiger charge is -2.50. The van der Waals surface area contributed by atoms with Crippen LogP contribution in [0.25, 0.3) is 0 Å². The molecule has 2 saturated carbocycles. The van der Waals surface area contributed by atoms with E-state index in [1.807, 2.05) is 41.8 Å². The summed E-state index contributed by atoms with van der Waals surface area (Å²) in [5.41, 5.74) is 15.7. The third-order valence-corrected chi connectivity index (χ3v) is 17.8. The van der Waals surface area contributed by atoms with Crippen LogP contribution in [0.3, 0.4) is 0 Å². The number of halogens is 4. The van der Waals surface area contributed by atoms with E-state index in [0.29, 0.717) is 96.7 Å². The standard InChI is InChI=1S/C31H42Cl2N6O4.C24H36Cl2N4O2.C8H7NO/c1-43-25-9-7-24(8-10-25)36-30(42)35-21-31(12-3-2-4-13-31)39-17-15-38(16-18-39)29(41)27(37-28(40)11-14-34)19-22-5-6-23(32)20-26(22)33;1-2-6-22(31)28-21(15-18-7-8-19(25)16-20(18)26)23(32)29-11-13-30(14-12-29)24(17-27)9-4-3-5-10-24;1-7-2-4-8(5-3-7)9-6-10/h5-10,20,27H,2-4,11-19,21,34H2,1H3,(H,37,40)(H2,35,36,42);7-8,16,21H,2-6,9-15,17,27H2,1H3,(H,28,31);2-5H,1H3. The van der Waals surface area contributed by atoms with Gasteiger partial charge in [0.2, 0.25) is 29.7 Å². The van der Waals surface area contributed by atoms with Gasteiger partial charge in [0.15, 0.2) is 0 Å². The molecule has 4 fully saturated rings. The third kappa shape index (κ3) is 20.7. The van der Waals surface area contributed by atoms with E-state index in [0.717, 1.165) is 80.5 Å². The van der Waals surface area contributed by atoms with Crippen LogP contribution in [-0.2, 0) is 36.8 Å².